The van der Waals surface area contributed by atoms with E-state index in [0.717, 1.165) is 22.4 Å². The molecule has 9 heteroatoms. The summed E-state index contributed by atoms with van der Waals surface area (Å²) in [6.45, 7) is 2.04. The van der Waals surface area contributed by atoms with Gasteiger partial charge >= 0.3 is 0 Å². The molecule has 0 radical (unpaired) electrons. The van der Waals surface area contributed by atoms with Gasteiger partial charge in [-0.3, -0.25) is 9.36 Å². The van der Waals surface area contributed by atoms with Crippen LogP contribution < -0.4 is 5.43 Å². The van der Waals surface area contributed by atoms with E-state index in [0.29, 0.717) is 16.0 Å². The maximum Gasteiger partial charge on any atom is 0.250 e. The van der Waals surface area contributed by atoms with Gasteiger partial charge in [-0.05, 0) is 67.3 Å². The van der Waals surface area contributed by atoms with Crippen LogP contribution in [0.1, 0.15) is 11.1 Å². The largest absolute Gasteiger partial charge is 0.272 e. The second-order valence-electron chi connectivity index (χ2n) is 7.34. The lowest BCUT2D eigenvalue weighted by Crippen LogP contribution is -2.20. The third-order valence-electron chi connectivity index (χ3n) is 4.88. The fourth-order valence-electron chi connectivity index (χ4n) is 3.11. The predicted molar refractivity (Wildman–Crippen MR) is 141 cm³/mol. The van der Waals surface area contributed by atoms with E-state index in [1.165, 1.54) is 16.7 Å². The Morgan fingerprint density at radius 2 is 1.74 bits per heavy atom. The van der Waals surface area contributed by atoms with Gasteiger partial charge in [0.15, 0.2) is 11.0 Å². The molecule has 4 rings (SSSR count). The van der Waals surface area contributed by atoms with Crippen molar-refractivity contribution in [3.8, 4) is 17.1 Å². The summed E-state index contributed by atoms with van der Waals surface area (Å²) in [5.74, 6) is 0.594. The molecule has 1 heterocycles. The number of aromatic nitrogens is 3. The molecule has 0 atom stereocenters. The Hall–Kier alpha value is -3.07. The van der Waals surface area contributed by atoms with Crippen LogP contribution in [-0.4, -0.2) is 38.9 Å². The number of nitrogens with zero attached hydrogens (tertiary/aromatic N) is 4. The quantitative estimate of drug-likeness (QED) is 0.184. The number of hydrazone groups is 1. The van der Waals surface area contributed by atoms with Gasteiger partial charge in [-0.1, -0.05) is 53.2 Å². The summed E-state index contributed by atoms with van der Waals surface area (Å²) in [6, 6.07) is 23.5. The van der Waals surface area contributed by atoms with E-state index in [4.69, 9.17) is 11.6 Å². The second-order valence-corrected chi connectivity index (χ2v) is 9.60. The molecule has 0 aliphatic rings. The van der Waals surface area contributed by atoms with Crippen LogP contribution in [0.25, 0.3) is 17.1 Å². The van der Waals surface area contributed by atoms with Crippen LogP contribution in [-0.2, 0) is 4.79 Å². The maximum absolute atomic E-state index is 12.4. The van der Waals surface area contributed by atoms with Crippen LogP contribution in [0.4, 0.5) is 0 Å². The number of hydrogen-bond acceptors (Lipinski definition) is 6. The number of benzene rings is 3. The highest BCUT2D eigenvalue weighted by Crippen LogP contribution is 2.28. The van der Waals surface area contributed by atoms with E-state index in [2.05, 4.69) is 20.7 Å². The molecule has 0 bridgehead atoms. The van der Waals surface area contributed by atoms with Crippen LogP contribution in [0.3, 0.4) is 0 Å². The van der Waals surface area contributed by atoms with Crippen LogP contribution in [0, 0.1) is 6.92 Å². The number of carbonyl (C=O) groups excluding carboxylic acids is 1. The highest BCUT2D eigenvalue weighted by molar-refractivity contribution is 7.99. The van der Waals surface area contributed by atoms with Crippen molar-refractivity contribution in [3.05, 3.63) is 88.9 Å². The Kier molecular flexibility index (Phi) is 8.05. The van der Waals surface area contributed by atoms with Crippen molar-refractivity contribution in [2.45, 2.75) is 17.0 Å². The SMILES string of the molecule is CSc1ccc(C=NNC(=O)CSc2nnc(-c3ccc(Cl)cc3)n2-c2ccc(C)cc2)cc1. The van der Waals surface area contributed by atoms with E-state index in [9.17, 15) is 4.79 Å². The molecular formula is C25H22ClN5OS2. The van der Waals surface area contributed by atoms with Gasteiger partial charge in [0.2, 0.25) is 0 Å². The number of hydrogen-bond donors (Lipinski definition) is 1. The third kappa shape index (κ3) is 6.08. The molecule has 0 spiro atoms. The average Bonchev–Trinajstić information content (AvgIpc) is 3.28. The molecule has 0 aliphatic carbocycles. The minimum atomic E-state index is -0.228. The van der Waals surface area contributed by atoms with Gasteiger partial charge in [0.25, 0.3) is 5.91 Å². The van der Waals surface area contributed by atoms with Gasteiger partial charge in [0.1, 0.15) is 0 Å². The number of aryl methyl sites for hydroxylation is 1. The van der Waals surface area contributed by atoms with Crippen LogP contribution in [0.15, 0.2) is 87.9 Å². The monoisotopic (exact) mass is 507 g/mol. The number of amides is 1. The normalized spacial score (nSPS) is 11.1. The van der Waals surface area contributed by atoms with Gasteiger partial charge in [-0.15, -0.1) is 22.0 Å². The summed E-state index contributed by atoms with van der Waals surface area (Å²) >= 11 is 9.03. The summed E-state index contributed by atoms with van der Waals surface area (Å²) < 4.78 is 1.94. The zero-order chi connectivity index (χ0) is 23.9. The molecule has 0 saturated carbocycles. The van der Waals surface area contributed by atoms with Crippen molar-refractivity contribution >= 4 is 47.2 Å². The van der Waals surface area contributed by atoms with Crippen molar-refractivity contribution in [2.75, 3.05) is 12.0 Å². The van der Waals surface area contributed by atoms with Crippen molar-refractivity contribution in [1.29, 1.82) is 0 Å². The molecule has 1 N–H and O–H groups in total. The predicted octanol–water partition coefficient (Wildman–Crippen LogP) is 5.86. The number of halogens is 1. The summed E-state index contributed by atoms with van der Waals surface area (Å²) in [6.07, 6.45) is 3.65. The molecule has 6 nitrogen and oxygen atoms in total. The van der Waals surface area contributed by atoms with Gasteiger partial charge in [0, 0.05) is 21.2 Å². The lowest BCUT2D eigenvalue weighted by Gasteiger charge is -2.10. The van der Waals surface area contributed by atoms with E-state index in [-0.39, 0.29) is 11.7 Å². The molecular weight excluding hydrogens is 486 g/mol. The fraction of sp³-hybridized carbons (Fsp3) is 0.120. The molecule has 0 saturated heterocycles. The zero-order valence-electron chi connectivity index (χ0n) is 18.6. The Bertz CT molecular complexity index is 1290. The molecule has 1 amide bonds. The van der Waals surface area contributed by atoms with Gasteiger partial charge in [-0.2, -0.15) is 5.10 Å². The molecule has 172 valence electrons. The first-order chi connectivity index (χ1) is 16.5. The van der Waals surface area contributed by atoms with Crippen molar-refractivity contribution in [3.63, 3.8) is 0 Å². The summed E-state index contributed by atoms with van der Waals surface area (Å²) in [5, 5.41) is 14.1. The van der Waals surface area contributed by atoms with Crippen molar-refractivity contribution in [1.82, 2.24) is 20.2 Å². The summed E-state index contributed by atoms with van der Waals surface area (Å²) in [7, 11) is 0. The fourth-order valence-corrected chi connectivity index (χ4v) is 4.39. The zero-order valence-corrected chi connectivity index (χ0v) is 21.0. The van der Waals surface area contributed by atoms with Crippen molar-refractivity contribution in [2.24, 2.45) is 5.10 Å². The summed E-state index contributed by atoms with van der Waals surface area (Å²) in [5.41, 5.74) is 6.43. The Morgan fingerprint density at radius 3 is 2.41 bits per heavy atom. The average molecular weight is 508 g/mol. The molecule has 34 heavy (non-hydrogen) atoms. The Morgan fingerprint density at radius 1 is 1.03 bits per heavy atom. The number of carbonyl (C=O) groups is 1. The first-order valence-electron chi connectivity index (χ1n) is 10.4. The lowest BCUT2D eigenvalue weighted by atomic mass is 10.2. The molecule has 4 aromatic rings. The minimum absolute atomic E-state index is 0.146. The highest BCUT2D eigenvalue weighted by atomic mass is 35.5. The first-order valence-corrected chi connectivity index (χ1v) is 13.0. The second kappa shape index (κ2) is 11.4. The maximum atomic E-state index is 12.4. The number of thioether (sulfide) groups is 2. The van der Waals surface area contributed by atoms with Gasteiger partial charge in [0.05, 0.1) is 12.0 Å². The van der Waals surface area contributed by atoms with Crippen LogP contribution in [0.5, 0.6) is 0 Å². The smallest absolute Gasteiger partial charge is 0.250 e. The van der Waals surface area contributed by atoms with Crippen LogP contribution >= 0.6 is 35.1 Å². The van der Waals surface area contributed by atoms with E-state index in [1.54, 1.807) is 18.0 Å². The molecule has 3 aromatic carbocycles. The highest BCUT2D eigenvalue weighted by Gasteiger charge is 2.17. The molecule has 0 aliphatic heterocycles. The number of rotatable bonds is 8. The Labute approximate surface area is 211 Å². The lowest BCUT2D eigenvalue weighted by molar-refractivity contribution is -0.118. The van der Waals surface area contributed by atoms with Gasteiger partial charge < -0.3 is 0 Å². The van der Waals surface area contributed by atoms with E-state index < -0.39 is 0 Å². The standard InChI is InChI=1S/C25H22ClN5OS2/c1-17-3-11-21(12-4-17)31-24(19-7-9-20(26)10-8-19)29-30-25(31)34-16-23(32)28-27-15-18-5-13-22(33-2)14-6-18/h3-15H,16H2,1-2H3,(H,28,32). The van der Waals surface area contributed by atoms with E-state index in [1.807, 2.05) is 90.5 Å². The molecule has 1 aromatic heterocycles. The minimum Gasteiger partial charge on any atom is -0.272 e. The topological polar surface area (TPSA) is 72.2 Å². The first kappa shape index (κ1) is 24.1. The molecule has 0 fully saturated rings. The Balaban J connectivity index is 1.48. The van der Waals surface area contributed by atoms with Gasteiger partial charge in [-0.25, -0.2) is 5.43 Å². The van der Waals surface area contributed by atoms with Crippen LogP contribution in [0.2, 0.25) is 5.02 Å². The van der Waals surface area contributed by atoms with E-state index >= 15 is 0 Å². The third-order valence-corrected chi connectivity index (χ3v) is 6.80. The van der Waals surface area contributed by atoms with Crippen molar-refractivity contribution < 1.29 is 4.79 Å². The summed E-state index contributed by atoms with van der Waals surface area (Å²) in [4.78, 5) is 13.6. The number of nitrogens with one attached hydrogen (secondary N) is 1. The molecule has 0 unspecified atom stereocenters.